The van der Waals surface area contributed by atoms with Crippen molar-refractivity contribution in [3.63, 3.8) is 0 Å². The van der Waals surface area contributed by atoms with Gasteiger partial charge in [-0.3, -0.25) is 4.90 Å². The first-order valence-electron chi connectivity index (χ1n) is 4.74. The standard InChI is InChI=1S/C10H20N2/c1-10(2,11)6-9-12-7-4-3-5-8-12/h3-4H,5-9,11H2,1-2H3. The molecule has 0 aromatic heterocycles. The highest BCUT2D eigenvalue weighted by Gasteiger charge is 2.13. The summed E-state index contributed by atoms with van der Waals surface area (Å²) < 4.78 is 0. The van der Waals surface area contributed by atoms with E-state index < -0.39 is 0 Å². The maximum atomic E-state index is 5.91. The number of nitrogens with zero attached hydrogens (tertiary/aromatic N) is 1. The summed E-state index contributed by atoms with van der Waals surface area (Å²) in [7, 11) is 0. The SMILES string of the molecule is CC(C)(N)CCN1CC=CCC1. The van der Waals surface area contributed by atoms with Crippen LogP contribution in [0.1, 0.15) is 26.7 Å². The molecule has 0 aromatic carbocycles. The third-order valence-electron chi connectivity index (χ3n) is 2.21. The van der Waals surface area contributed by atoms with Crippen molar-refractivity contribution < 1.29 is 0 Å². The summed E-state index contributed by atoms with van der Waals surface area (Å²) in [4.78, 5) is 2.45. The molecule has 2 nitrogen and oxygen atoms in total. The van der Waals surface area contributed by atoms with Gasteiger partial charge in [0.25, 0.3) is 0 Å². The van der Waals surface area contributed by atoms with Gasteiger partial charge in [0.2, 0.25) is 0 Å². The molecule has 0 radical (unpaired) electrons. The lowest BCUT2D eigenvalue weighted by Gasteiger charge is -2.27. The topological polar surface area (TPSA) is 29.3 Å². The number of rotatable bonds is 3. The molecule has 0 bridgehead atoms. The van der Waals surface area contributed by atoms with E-state index in [0.29, 0.717) is 0 Å². The molecule has 70 valence electrons. The maximum absolute atomic E-state index is 5.91. The van der Waals surface area contributed by atoms with E-state index >= 15 is 0 Å². The normalized spacial score (nSPS) is 19.9. The van der Waals surface area contributed by atoms with Crippen molar-refractivity contribution in [3.05, 3.63) is 12.2 Å². The van der Waals surface area contributed by atoms with Crippen LogP contribution in [0.4, 0.5) is 0 Å². The first kappa shape index (κ1) is 9.75. The van der Waals surface area contributed by atoms with E-state index in [-0.39, 0.29) is 5.54 Å². The molecule has 0 unspecified atom stereocenters. The van der Waals surface area contributed by atoms with E-state index in [2.05, 4.69) is 30.9 Å². The summed E-state index contributed by atoms with van der Waals surface area (Å²) >= 11 is 0. The van der Waals surface area contributed by atoms with Crippen molar-refractivity contribution in [1.82, 2.24) is 4.90 Å². The van der Waals surface area contributed by atoms with Crippen molar-refractivity contribution in [1.29, 1.82) is 0 Å². The fourth-order valence-electron chi connectivity index (χ4n) is 1.34. The Labute approximate surface area is 75.4 Å². The van der Waals surface area contributed by atoms with Gasteiger partial charge in [-0.15, -0.1) is 0 Å². The van der Waals surface area contributed by atoms with Gasteiger partial charge in [0.1, 0.15) is 0 Å². The van der Waals surface area contributed by atoms with Crippen LogP contribution in [0, 0.1) is 0 Å². The largest absolute Gasteiger partial charge is 0.326 e. The molecule has 2 N–H and O–H groups in total. The molecule has 1 rings (SSSR count). The Kier molecular flexibility index (Phi) is 3.29. The van der Waals surface area contributed by atoms with Crippen LogP contribution >= 0.6 is 0 Å². The van der Waals surface area contributed by atoms with Crippen LogP contribution in [-0.4, -0.2) is 30.1 Å². The summed E-state index contributed by atoms with van der Waals surface area (Å²) in [5.74, 6) is 0. The summed E-state index contributed by atoms with van der Waals surface area (Å²) in [5.41, 5.74) is 5.90. The zero-order valence-corrected chi connectivity index (χ0v) is 8.21. The Morgan fingerprint density at radius 3 is 2.67 bits per heavy atom. The predicted octanol–water partition coefficient (Wildman–Crippen LogP) is 1.38. The lowest BCUT2D eigenvalue weighted by atomic mass is 10.0. The molecule has 0 amide bonds. The fraction of sp³-hybridized carbons (Fsp3) is 0.800. The molecule has 0 fully saturated rings. The second kappa shape index (κ2) is 4.06. The highest BCUT2D eigenvalue weighted by molar-refractivity contribution is 4.91. The van der Waals surface area contributed by atoms with Crippen LogP contribution in [0.3, 0.4) is 0 Å². The van der Waals surface area contributed by atoms with Gasteiger partial charge < -0.3 is 5.73 Å². The smallest absolute Gasteiger partial charge is 0.0163 e. The van der Waals surface area contributed by atoms with Crippen LogP contribution in [0.15, 0.2) is 12.2 Å². The van der Waals surface area contributed by atoms with Crippen molar-refractivity contribution in [2.24, 2.45) is 5.73 Å². The maximum Gasteiger partial charge on any atom is 0.0163 e. The summed E-state index contributed by atoms with van der Waals surface area (Å²) in [6.45, 7) is 7.62. The Balaban J connectivity index is 2.19. The molecule has 0 spiro atoms. The molecule has 0 aromatic rings. The second-order valence-corrected chi connectivity index (χ2v) is 4.30. The minimum absolute atomic E-state index is 0.0127. The van der Waals surface area contributed by atoms with Crippen LogP contribution in [0.5, 0.6) is 0 Å². The van der Waals surface area contributed by atoms with Crippen LogP contribution in [0.2, 0.25) is 0 Å². The Morgan fingerprint density at radius 2 is 2.17 bits per heavy atom. The average Bonchev–Trinajstić information content (AvgIpc) is 2.02. The molecule has 0 saturated carbocycles. The Hall–Kier alpha value is -0.340. The molecule has 1 heterocycles. The molecule has 2 heteroatoms. The number of nitrogens with two attached hydrogens (primary N) is 1. The summed E-state index contributed by atoms with van der Waals surface area (Å²) in [6.07, 6.45) is 6.78. The van der Waals surface area contributed by atoms with Crippen molar-refractivity contribution in [2.75, 3.05) is 19.6 Å². The van der Waals surface area contributed by atoms with Crippen LogP contribution in [0.25, 0.3) is 0 Å². The molecule has 0 atom stereocenters. The van der Waals surface area contributed by atoms with E-state index in [1.807, 2.05) is 0 Å². The Bertz CT molecular complexity index is 156. The van der Waals surface area contributed by atoms with Gasteiger partial charge >= 0.3 is 0 Å². The molecule has 0 saturated heterocycles. The quantitative estimate of drug-likeness (QED) is 0.645. The highest BCUT2D eigenvalue weighted by atomic mass is 15.1. The molecule has 0 aliphatic carbocycles. The molecular formula is C10H20N2. The van der Waals surface area contributed by atoms with Gasteiger partial charge in [-0.1, -0.05) is 12.2 Å². The van der Waals surface area contributed by atoms with E-state index in [0.717, 1.165) is 19.5 Å². The van der Waals surface area contributed by atoms with E-state index in [9.17, 15) is 0 Å². The first-order chi connectivity index (χ1) is 5.58. The Morgan fingerprint density at radius 1 is 1.42 bits per heavy atom. The zero-order valence-electron chi connectivity index (χ0n) is 8.21. The highest BCUT2D eigenvalue weighted by Crippen LogP contribution is 2.07. The monoisotopic (exact) mass is 168 g/mol. The van der Waals surface area contributed by atoms with Gasteiger partial charge in [0, 0.05) is 25.2 Å². The molecular weight excluding hydrogens is 148 g/mol. The van der Waals surface area contributed by atoms with Crippen molar-refractivity contribution in [2.45, 2.75) is 32.2 Å². The zero-order chi connectivity index (χ0) is 9.03. The molecule has 1 aliphatic heterocycles. The average molecular weight is 168 g/mol. The van der Waals surface area contributed by atoms with Gasteiger partial charge in [-0.05, 0) is 26.7 Å². The number of hydrogen-bond acceptors (Lipinski definition) is 2. The van der Waals surface area contributed by atoms with Crippen molar-refractivity contribution >= 4 is 0 Å². The van der Waals surface area contributed by atoms with E-state index in [4.69, 9.17) is 5.73 Å². The third kappa shape index (κ3) is 3.88. The first-order valence-corrected chi connectivity index (χ1v) is 4.74. The minimum atomic E-state index is -0.0127. The third-order valence-corrected chi connectivity index (χ3v) is 2.21. The van der Waals surface area contributed by atoms with Gasteiger partial charge in [-0.2, -0.15) is 0 Å². The van der Waals surface area contributed by atoms with E-state index in [1.54, 1.807) is 0 Å². The van der Waals surface area contributed by atoms with Crippen LogP contribution < -0.4 is 5.73 Å². The van der Waals surface area contributed by atoms with Gasteiger partial charge in [-0.25, -0.2) is 0 Å². The lowest BCUT2D eigenvalue weighted by molar-refractivity contribution is 0.268. The van der Waals surface area contributed by atoms with Gasteiger partial charge in [0.05, 0.1) is 0 Å². The summed E-state index contributed by atoms with van der Waals surface area (Å²) in [5, 5.41) is 0. The minimum Gasteiger partial charge on any atom is -0.326 e. The lowest BCUT2D eigenvalue weighted by Crippen LogP contribution is -2.38. The summed E-state index contributed by atoms with van der Waals surface area (Å²) in [6, 6.07) is 0. The fourth-order valence-corrected chi connectivity index (χ4v) is 1.34. The molecule has 12 heavy (non-hydrogen) atoms. The van der Waals surface area contributed by atoms with Crippen molar-refractivity contribution in [3.8, 4) is 0 Å². The predicted molar refractivity (Wildman–Crippen MR) is 53.1 cm³/mol. The van der Waals surface area contributed by atoms with Crippen LogP contribution in [-0.2, 0) is 0 Å². The number of hydrogen-bond donors (Lipinski definition) is 1. The van der Waals surface area contributed by atoms with E-state index in [1.165, 1.54) is 13.0 Å². The molecule has 1 aliphatic rings. The second-order valence-electron chi connectivity index (χ2n) is 4.30. The van der Waals surface area contributed by atoms with Gasteiger partial charge in [0.15, 0.2) is 0 Å².